The molecule has 0 aliphatic carbocycles. The number of aromatic amines is 1. The zero-order valence-corrected chi connectivity index (χ0v) is 6.46. The van der Waals surface area contributed by atoms with Crippen molar-refractivity contribution in [3.8, 4) is 0 Å². The Balaban J connectivity index is 2.86. The Morgan fingerprint density at radius 3 is 3.20 bits per heavy atom. The molecule has 50 valence electrons. The quantitative estimate of drug-likeness (QED) is 0.646. The molecule has 0 aromatic carbocycles. The van der Waals surface area contributed by atoms with E-state index in [9.17, 15) is 0 Å². The maximum atomic E-state index is 4.00. The molecule has 2 rings (SSSR count). The van der Waals surface area contributed by atoms with E-state index in [2.05, 4.69) is 35.9 Å². The standard InChI is InChI=1S/C5H3BrN4/c6-5-7-1-3-4(10-5)9-2-8-3/h1-2H,(H,7,8,9,10). The van der Waals surface area contributed by atoms with Gasteiger partial charge in [0.2, 0.25) is 0 Å². The topological polar surface area (TPSA) is 54.5 Å². The number of rotatable bonds is 0. The molecule has 2 heterocycles. The monoisotopic (exact) mass is 198 g/mol. The number of aromatic nitrogens is 4. The summed E-state index contributed by atoms with van der Waals surface area (Å²) in [5.41, 5.74) is 1.53. The van der Waals surface area contributed by atoms with E-state index in [1.165, 1.54) is 0 Å². The summed E-state index contributed by atoms with van der Waals surface area (Å²) in [6.07, 6.45) is 3.27. The van der Waals surface area contributed by atoms with Gasteiger partial charge in [0.15, 0.2) is 10.4 Å². The summed E-state index contributed by atoms with van der Waals surface area (Å²) in [5, 5.41) is 0. The fourth-order valence-electron chi connectivity index (χ4n) is 0.715. The summed E-state index contributed by atoms with van der Waals surface area (Å²) in [6.45, 7) is 0. The van der Waals surface area contributed by atoms with Gasteiger partial charge in [-0.25, -0.2) is 15.0 Å². The van der Waals surface area contributed by atoms with Crippen molar-refractivity contribution in [2.24, 2.45) is 0 Å². The summed E-state index contributed by atoms with van der Waals surface area (Å²) in [4.78, 5) is 14.7. The van der Waals surface area contributed by atoms with Crippen LogP contribution < -0.4 is 0 Å². The SMILES string of the molecule is Brc1ncc2[nH]cnc2n1. The number of imidazole rings is 1. The lowest BCUT2D eigenvalue weighted by atomic mass is 10.6. The summed E-state index contributed by atoms with van der Waals surface area (Å²) < 4.78 is 0.562. The van der Waals surface area contributed by atoms with E-state index in [4.69, 9.17) is 0 Å². The van der Waals surface area contributed by atoms with Crippen LogP contribution >= 0.6 is 15.9 Å². The highest BCUT2D eigenvalue weighted by Crippen LogP contribution is 2.07. The van der Waals surface area contributed by atoms with E-state index < -0.39 is 0 Å². The molecule has 0 radical (unpaired) electrons. The Hall–Kier alpha value is -0.970. The molecule has 1 N–H and O–H groups in total. The van der Waals surface area contributed by atoms with E-state index >= 15 is 0 Å². The third-order valence-corrected chi connectivity index (χ3v) is 1.53. The van der Waals surface area contributed by atoms with Crippen molar-refractivity contribution in [2.45, 2.75) is 0 Å². The number of H-pyrrole nitrogens is 1. The van der Waals surface area contributed by atoms with Gasteiger partial charge in [-0.3, -0.25) is 0 Å². The summed E-state index contributed by atoms with van der Waals surface area (Å²) in [7, 11) is 0. The van der Waals surface area contributed by atoms with Crippen LogP contribution in [0.3, 0.4) is 0 Å². The van der Waals surface area contributed by atoms with Gasteiger partial charge < -0.3 is 4.98 Å². The molecule has 10 heavy (non-hydrogen) atoms. The lowest BCUT2D eigenvalue weighted by Gasteiger charge is -1.85. The number of hydrogen-bond acceptors (Lipinski definition) is 3. The summed E-state index contributed by atoms with van der Waals surface area (Å²) in [6, 6.07) is 0. The van der Waals surface area contributed by atoms with Crippen LogP contribution in [0.5, 0.6) is 0 Å². The fraction of sp³-hybridized carbons (Fsp3) is 0. The van der Waals surface area contributed by atoms with Gasteiger partial charge in [-0.2, -0.15) is 0 Å². The molecule has 5 heteroatoms. The summed E-state index contributed by atoms with van der Waals surface area (Å²) in [5.74, 6) is 0. The van der Waals surface area contributed by atoms with Crippen molar-refractivity contribution in [3.63, 3.8) is 0 Å². The molecular weight excluding hydrogens is 196 g/mol. The molecule has 0 amide bonds. The van der Waals surface area contributed by atoms with Crippen LogP contribution in [0.2, 0.25) is 0 Å². The molecule has 0 spiro atoms. The van der Waals surface area contributed by atoms with Gasteiger partial charge in [-0.05, 0) is 15.9 Å². The highest BCUT2D eigenvalue weighted by Gasteiger charge is 1.96. The predicted molar refractivity (Wildman–Crippen MR) is 39.4 cm³/mol. The Kier molecular flexibility index (Phi) is 1.17. The van der Waals surface area contributed by atoms with Crippen LogP contribution in [0.4, 0.5) is 0 Å². The summed E-state index contributed by atoms with van der Waals surface area (Å²) >= 11 is 3.14. The lowest BCUT2D eigenvalue weighted by Crippen LogP contribution is -1.81. The lowest BCUT2D eigenvalue weighted by molar-refractivity contribution is 1.14. The molecule has 0 fully saturated rings. The minimum absolute atomic E-state index is 0.562. The molecule has 2 aromatic rings. The van der Waals surface area contributed by atoms with Crippen LogP contribution in [0.15, 0.2) is 17.3 Å². The van der Waals surface area contributed by atoms with E-state index in [1.807, 2.05) is 0 Å². The average molecular weight is 199 g/mol. The van der Waals surface area contributed by atoms with Crippen molar-refractivity contribution in [3.05, 3.63) is 17.3 Å². The van der Waals surface area contributed by atoms with Gasteiger partial charge in [0.1, 0.15) is 5.52 Å². The zero-order chi connectivity index (χ0) is 6.97. The smallest absolute Gasteiger partial charge is 0.198 e. The molecule has 2 aromatic heterocycles. The van der Waals surface area contributed by atoms with Crippen molar-refractivity contribution >= 4 is 27.1 Å². The van der Waals surface area contributed by atoms with Crippen LogP contribution in [0, 0.1) is 0 Å². The third kappa shape index (κ3) is 0.786. The van der Waals surface area contributed by atoms with Gasteiger partial charge in [0, 0.05) is 0 Å². The fourth-order valence-corrected chi connectivity index (χ4v) is 0.986. The minimum Gasteiger partial charge on any atom is -0.342 e. The molecular formula is C5H3BrN4. The third-order valence-electron chi connectivity index (χ3n) is 1.15. The van der Waals surface area contributed by atoms with E-state index in [-0.39, 0.29) is 0 Å². The van der Waals surface area contributed by atoms with Gasteiger partial charge >= 0.3 is 0 Å². The Bertz CT molecular complexity index is 355. The first-order valence-corrected chi connectivity index (χ1v) is 3.47. The normalized spacial score (nSPS) is 10.5. The van der Waals surface area contributed by atoms with Gasteiger partial charge in [0.05, 0.1) is 12.5 Å². The first-order valence-electron chi connectivity index (χ1n) is 2.68. The van der Waals surface area contributed by atoms with Crippen molar-refractivity contribution < 1.29 is 0 Å². The van der Waals surface area contributed by atoms with Gasteiger partial charge in [-0.15, -0.1) is 0 Å². The van der Waals surface area contributed by atoms with Gasteiger partial charge in [0.25, 0.3) is 0 Å². The number of nitrogens with one attached hydrogen (secondary N) is 1. The second-order valence-corrected chi connectivity index (χ2v) is 2.49. The Morgan fingerprint density at radius 1 is 1.40 bits per heavy atom. The average Bonchev–Trinajstić information content (AvgIpc) is 2.33. The van der Waals surface area contributed by atoms with Crippen LogP contribution in [0.1, 0.15) is 0 Å². The number of fused-ring (bicyclic) bond motifs is 1. The highest BCUT2D eigenvalue weighted by atomic mass is 79.9. The van der Waals surface area contributed by atoms with Crippen LogP contribution in [-0.2, 0) is 0 Å². The zero-order valence-electron chi connectivity index (χ0n) is 4.87. The maximum absolute atomic E-state index is 4.00. The van der Waals surface area contributed by atoms with Crippen molar-refractivity contribution in [2.75, 3.05) is 0 Å². The minimum atomic E-state index is 0.562. The van der Waals surface area contributed by atoms with E-state index in [0.717, 1.165) is 5.52 Å². The highest BCUT2D eigenvalue weighted by molar-refractivity contribution is 9.10. The Morgan fingerprint density at radius 2 is 2.30 bits per heavy atom. The van der Waals surface area contributed by atoms with E-state index in [1.54, 1.807) is 12.5 Å². The first-order chi connectivity index (χ1) is 4.86. The second kappa shape index (κ2) is 2.02. The molecule has 0 aliphatic rings. The number of halogens is 1. The number of hydrogen-bond donors (Lipinski definition) is 1. The second-order valence-electron chi connectivity index (χ2n) is 1.78. The molecule has 0 aliphatic heterocycles. The molecule has 4 nitrogen and oxygen atoms in total. The molecule has 0 bridgehead atoms. The van der Waals surface area contributed by atoms with Crippen molar-refractivity contribution in [1.29, 1.82) is 0 Å². The molecule has 0 unspecified atom stereocenters. The Labute approximate surface area is 64.8 Å². The van der Waals surface area contributed by atoms with Crippen molar-refractivity contribution in [1.82, 2.24) is 19.9 Å². The maximum Gasteiger partial charge on any atom is 0.198 e. The largest absolute Gasteiger partial charge is 0.342 e. The van der Waals surface area contributed by atoms with E-state index in [0.29, 0.717) is 10.4 Å². The molecule has 0 saturated carbocycles. The van der Waals surface area contributed by atoms with Crippen LogP contribution in [-0.4, -0.2) is 19.9 Å². The van der Waals surface area contributed by atoms with Gasteiger partial charge in [-0.1, -0.05) is 0 Å². The first kappa shape index (κ1) is 5.79. The molecule has 0 atom stereocenters. The number of nitrogens with zero attached hydrogens (tertiary/aromatic N) is 3. The predicted octanol–water partition coefficient (Wildman–Crippen LogP) is 1.12. The molecule has 0 saturated heterocycles. The van der Waals surface area contributed by atoms with Crippen LogP contribution in [0.25, 0.3) is 11.2 Å².